The van der Waals surface area contributed by atoms with E-state index in [-0.39, 0.29) is 29.4 Å². The van der Waals surface area contributed by atoms with Crippen LogP contribution in [0.4, 0.5) is 5.69 Å². The average molecular weight is 623 g/mol. The van der Waals surface area contributed by atoms with Gasteiger partial charge in [-0.3, -0.25) is 15.0 Å². The van der Waals surface area contributed by atoms with Gasteiger partial charge >= 0.3 is 0 Å². The van der Waals surface area contributed by atoms with E-state index in [2.05, 4.69) is 32.4 Å². The number of nitrogens with zero attached hydrogens (tertiary/aromatic N) is 6. The summed E-state index contributed by atoms with van der Waals surface area (Å²) < 4.78 is 22.3. The Morgan fingerprint density at radius 3 is 2.22 bits per heavy atom. The molecule has 0 unspecified atom stereocenters. The fraction of sp³-hybridized carbons (Fsp3) is 0.265. The number of fused-ring (bicyclic) bond motifs is 1. The van der Waals surface area contributed by atoms with Gasteiger partial charge in [-0.2, -0.15) is 0 Å². The molecule has 4 aromatic carbocycles. The topological polar surface area (TPSA) is 127 Å². The lowest BCUT2D eigenvalue weighted by molar-refractivity contribution is -0.384. The summed E-state index contributed by atoms with van der Waals surface area (Å²) in [6.45, 7) is 3.00. The summed E-state index contributed by atoms with van der Waals surface area (Å²) in [5.41, 5.74) is 5.33. The van der Waals surface area contributed by atoms with Crippen LogP contribution in [-0.4, -0.2) is 64.4 Å². The summed E-state index contributed by atoms with van der Waals surface area (Å²) in [6, 6.07) is 24.5. The van der Waals surface area contributed by atoms with E-state index in [1.54, 1.807) is 14.2 Å². The van der Waals surface area contributed by atoms with E-state index in [0.717, 1.165) is 49.5 Å². The molecule has 0 spiro atoms. The molecule has 2 heterocycles. The van der Waals surface area contributed by atoms with Crippen molar-refractivity contribution in [1.29, 1.82) is 0 Å². The average Bonchev–Trinajstić information content (AvgIpc) is 3.59. The van der Waals surface area contributed by atoms with Crippen molar-refractivity contribution >= 4 is 5.69 Å². The van der Waals surface area contributed by atoms with E-state index in [1.165, 1.54) is 40.7 Å². The van der Waals surface area contributed by atoms with E-state index >= 15 is 0 Å². The Labute approximate surface area is 266 Å². The number of hydrogen-bond donors (Lipinski definition) is 0. The second kappa shape index (κ2) is 13.7. The third-order valence-electron chi connectivity index (χ3n) is 8.05. The first-order valence-corrected chi connectivity index (χ1v) is 14.8. The van der Waals surface area contributed by atoms with Crippen LogP contribution in [0.5, 0.6) is 23.0 Å². The maximum atomic E-state index is 12.0. The summed E-state index contributed by atoms with van der Waals surface area (Å²) in [5, 5.41) is 24.8. The molecule has 6 rings (SSSR count). The predicted molar refractivity (Wildman–Crippen MR) is 171 cm³/mol. The first kappa shape index (κ1) is 30.5. The normalized spacial score (nSPS) is 12.8. The van der Waals surface area contributed by atoms with Crippen LogP contribution in [0.1, 0.15) is 22.3 Å². The summed E-state index contributed by atoms with van der Waals surface area (Å²) in [6.07, 6.45) is 1.84. The quantitative estimate of drug-likeness (QED) is 0.131. The molecule has 0 saturated carbocycles. The van der Waals surface area contributed by atoms with Gasteiger partial charge in [-0.15, -0.1) is 15.0 Å². The van der Waals surface area contributed by atoms with Crippen LogP contribution in [0.2, 0.25) is 0 Å². The standard InChI is InChI=1S/C34H34N6O6/c1-43-30-17-25-14-16-38(21-26(25)18-31(30)44-2)15-13-23-9-11-27(12-10-23)39-36-34(35-37-39)28-19-33(32(45-3)20-29(28)40(41)42)46-22-24-7-5-4-6-8-24/h4-12,17-20H,13-16,21-22H2,1-3H3. The van der Waals surface area contributed by atoms with Crippen molar-refractivity contribution < 1.29 is 23.9 Å². The van der Waals surface area contributed by atoms with Crippen LogP contribution in [0.25, 0.3) is 17.1 Å². The minimum absolute atomic E-state index is 0.0996. The van der Waals surface area contributed by atoms with Crippen molar-refractivity contribution in [2.75, 3.05) is 34.4 Å². The predicted octanol–water partition coefficient (Wildman–Crippen LogP) is 5.44. The van der Waals surface area contributed by atoms with Gasteiger partial charge in [-0.05, 0) is 64.6 Å². The highest BCUT2D eigenvalue weighted by Crippen LogP contribution is 2.39. The molecule has 0 atom stereocenters. The summed E-state index contributed by atoms with van der Waals surface area (Å²) >= 11 is 0. The first-order valence-electron chi connectivity index (χ1n) is 14.8. The molecule has 0 radical (unpaired) electrons. The van der Waals surface area contributed by atoms with Crippen LogP contribution < -0.4 is 18.9 Å². The highest BCUT2D eigenvalue weighted by Gasteiger charge is 2.25. The number of benzene rings is 4. The molecule has 0 bridgehead atoms. The van der Waals surface area contributed by atoms with Crippen LogP contribution in [-0.2, 0) is 26.0 Å². The van der Waals surface area contributed by atoms with Gasteiger partial charge in [0.1, 0.15) is 12.2 Å². The van der Waals surface area contributed by atoms with Gasteiger partial charge in [0.15, 0.2) is 23.0 Å². The number of tetrazole rings is 1. The Bertz CT molecular complexity index is 1830. The lowest BCUT2D eigenvalue weighted by Gasteiger charge is -2.29. The maximum Gasteiger partial charge on any atom is 0.284 e. The van der Waals surface area contributed by atoms with Crippen molar-refractivity contribution in [1.82, 2.24) is 25.1 Å². The van der Waals surface area contributed by atoms with E-state index in [0.29, 0.717) is 11.4 Å². The van der Waals surface area contributed by atoms with Gasteiger partial charge < -0.3 is 18.9 Å². The molecular weight excluding hydrogens is 588 g/mol. The van der Waals surface area contributed by atoms with Gasteiger partial charge in [0.2, 0.25) is 5.82 Å². The largest absolute Gasteiger partial charge is 0.493 e. The number of aromatic nitrogens is 4. The molecule has 12 heteroatoms. The van der Waals surface area contributed by atoms with E-state index < -0.39 is 4.92 Å². The lowest BCUT2D eigenvalue weighted by atomic mass is 9.98. The molecule has 0 aliphatic carbocycles. The monoisotopic (exact) mass is 622 g/mol. The number of nitro benzene ring substituents is 1. The Balaban J connectivity index is 1.14. The van der Waals surface area contributed by atoms with Crippen LogP contribution in [0.15, 0.2) is 78.9 Å². The molecule has 0 amide bonds. The molecule has 1 aromatic heterocycles. The third kappa shape index (κ3) is 6.61. The zero-order chi connectivity index (χ0) is 32.0. The van der Waals surface area contributed by atoms with Crippen molar-refractivity contribution in [3.05, 3.63) is 111 Å². The molecule has 1 aliphatic heterocycles. The van der Waals surface area contributed by atoms with E-state index in [4.69, 9.17) is 18.9 Å². The molecular formula is C34H34N6O6. The molecule has 0 fully saturated rings. The zero-order valence-corrected chi connectivity index (χ0v) is 25.9. The molecule has 5 aromatic rings. The number of nitro groups is 1. The van der Waals surface area contributed by atoms with Crippen LogP contribution in [0, 0.1) is 10.1 Å². The number of hydrogen-bond acceptors (Lipinski definition) is 10. The molecule has 46 heavy (non-hydrogen) atoms. The number of rotatable bonds is 12. The second-order valence-electron chi connectivity index (χ2n) is 10.9. The van der Waals surface area contributed by atoms with Crippen molar-refractivity contribution in [2.45, 2.75) is 26.0 Å². The highest BCUT2D eigenvalue weighted by atomic mass is 16.6. The third-order valence-corrected chi connectivity index (χ3v) is 8.05. The zero-order valence-electron chi connectivity index (χ0n) is 25.9. The van der Waals surface area contributed by atoms with E-state index in [9.17, 15) is 10.1 Å². The van der Waals surface area contributed by atoms with Crippen LogP contribution >= 0.6 is 0 Å². The summed E-state index contributed by atoms with van der Waals surface area (Å²) in [7, 11) is 4.76. The smallest absolute Gasteiger partial charge is 0.284 e. The molecule has 1 aliphatic rings. The van der Waals surface area contributed by atoms with Crippen LogP contribution in [0.3, 0.4) is 0 Å². The SMILES string of the molecule is COc1cc2c(cc1OC)CN(CCc1ccc(-n3nnc(-c4cc(OCc5ccccc5)c(OC)cc4[N+](=O)[O-])n3)cc1)CC2. The second-order valence-corrected chi connectivity index (χ2v) is 10.9. The number of ether oxygens (including phenoxy) is 4. The van der Waals surface area contributed by atoms with Crippen molar-refractivity contribution in [3.8, 4) is 40.1 Å². The Kier molecular flexibility index (Phi) is 9.06. The first-order chi connectivity index (χ1) is 22.4. The molecule has 236 valence electrons. The van der Waals surface area contributed by atoms with Crippen molar-refractivity contribution in [3.63, 3.8) is 0 Å². The Hall–Kier alpha value is -5.49. The minimum atomic E-state index is -0.497. The van der Waals surface area contributed by atoms with Crippen molar-refractivity contribution in [2.24, 2.45) is 0 Å². The highest BCUT2D eigenvalue weighted by molar-refractivity contribution is 5.72. The molecule has 12 nitrogen and oxygen atoms in total. The molecule has 0 N–H and O–H groups in total. The fourth-order valence-electron chi connectivity index (χ4n) is 5.53. The fourth-order valence-corrected chi connectivity index (χ4v) is 5.53. The maximum absolute atomic E-state index is 12.0. The Morgan fingerprint density at radius 1 is 0.826 bits per heavy atom. The van der Waals surface area contributed by atoms with Gasteiger partial charge in [0.25, 0.3) is 5.69 Å². The minimum Gasteiger partial charge on any atom is -0.493 e. The number of methoxy groups -OCH3 is 3. The van der Waals surface area contributed by atoms with E-state index in [1.807, 2.05) is 54.6 Å². The van der Waals surface area contributed by atoms with Gasteiger partial charge in [-0.1, -0.05) is 42.5 Å². The van der Waals surface area contributed by atoms with Gasteiger partial charge in [0, 0.05) is 25.7 Å². The van der Waals surface area contributed by atoms with Gasteiger partial charge in [0.05, 0.1) is 38.0 Å². The summed E-state index contributed by atoms with van der Waals surface area (Å²) in [5.74, 6) is 2.19. The molecule has 0 saturated heterocycles. The Morgan fingerprint density at radius 2 is 1.52 bits per heavy atom. The van der Waals surface area contributed by atoms with Gasteiger partial charge in [-0.25, -0.2) is 0 Å². The summed E-state index contributed by atoms with van der Waals surface area (Å²) in [4.78, 5) is 15.3. The lowest BCUT2D eigenvalue weighted by Crippen LogP contribution is -2.32.